The smallest absolute Gasteiger partial charge is 0.211 e. The van der Waals surface area contributed by atoms with E-state index in [2.05, 4.69) is 197 Å². The van der Waals surface area contributed by atoms with Gasteiger partial charge in [-0.15, -0.1) is 11.3 Å². The minimum absolute atomic E-state index is 0.130. The number of fused-ring (bicyclic) bond motifs is 12. The molecule has 0 saturated carbocycles. The van der Waals surface area contributed by atoms with Crippen molar-refractivity contribution in [2.45, 2.75) is 33.1 Å². The normalized spacial score (nSPS) is 13.5. The van der Waals surface area contributed by atoms with Crippen LogP contribution in [0, 0.1) is 13.8 Å². The first kappa shape index (κ1) is 32.8. The van der Waals surface area contributed by atoms with Crippen LogP contribution in [-0.4, -0.2) is 11.8 Å². The molecule has 0 atom stereocenters. The highest BCUT2D eigenvalue weighted by molar-refractivity contribution is 7.29. The van der Waals surface area contributed by atoms with Crippen LogP contribution in [0.15, 0.2) is 152 Å². The molecule has 0 fully saturated rings. The number of thiophene rings is 1. The van der Waals surface area contributed by atoms with Crippen LogP contribution in [0.1, 0.15) is 36.1 Å². The molecule has 269 valence electrons. The van der Waals surface area contributed by atoms with Crippen LogP contribution in [-0.2, 0) is 5.41 Å². The maximum absolute atomic E-state index is 3.97. The quantitative estimate of drug-likeness (QED) is 0.178. The van der Waals surface area contributed by atoms with Crippen LogP contribution in [0.2, 0.25) is 0 Å². The van der Waals surface area contributed by atoms with Crippen molar-refractivity contribution in [3.05, 3.63) is 174 Å². The van der Waals surface area contributed by atoms with E-state index in [9.17, 15) is 0 Å². The summed E-state index contributed by atoms with van der Waals surface area (Å²) in [4.78, 5) is 0. The summed E-state index contributed by atoms with van der Waals surface area (Å²) >= 11 is 1.90. The molecule has 0 saturated heterocycles. The maximum Gasteiger partial charge on any atom is 0.211 e. The maximum atomic E-state index is 3.97. The van der Waals surface area contributed by atoms with Crippen molar-refractivity contribution in [2.24, 2.45) is 0 Å². The van der Waals surface area contributed by atoms with E-state index in [1.165, 1.54) is 114 Å². The molecule has 2 nitrogen and oxygen atoms in total. The van der Waals surface area contributed by atoms with Gasteiger partial charge in [0.15, 0.2) is 0 Å². The lowest BCUT2D eigenvalue weighted by Crippen LogP contribution is -2.35. The van der Waals surface area contributed by atoms with Gasteiger partial charge in [-0.05, 0) is 122 Å². The average Bonchev–Trinajstić information content (AvgIpc) is 3.84. The van der Waals surface area contributed by atoms with Crippen LogP contribution >= 0.6 is 11.3 Å². The van der Waals surface area contributed by atoms with E-state index in [0.717, 1.165) is 11.4 Å². The van der Waals surface area contributed by atoms with Gasteiger partial charge in [-0.2, -0.15) is 0 Å². The SMILES string of the molecule is Cc1ccc(Nc2cc3c(cc2-c2c4c5c(c6ccccc26)c2cc(C)ccc2n5-c2c(sc5ccc(-c6ccccc6)cc25)[B]4)-c2ccccc2C3(C)C)cc1. The fourth-order valence-corrected chi connectivity index (χ4v) is 11.1. The molecule has 8 aromatic carbocycles. The van der Waals surface area contributed by atoms with Crippen molar-refractivity contribution in [3.8, 4) is 39.1 Å². The van der Waals surface area contributed by atoms with Crippen LogP contribution < -0.4 is 15.6 Å². The van der Waals surface area contributed by atoms with E-state index >= 15 is 0 Å². The number of rotatable bonds is 4. The largest absolute Gasteiger partial charge is 0.355 e. The topological polar surface area (TPSA) is 17.0 Å². The van der Waals surface area contributed by atoms with Gasteiger partial charge in [0.2, 0.25) is 7.28 Å². The predicted octanol–water partition coefficient (Wildman–Crippen LogP) is 13.1. The Morgan fingerprint density at radius 3 is 2.18 bits per heavy atom. The molecule has 0 spiro atoms. The third kappa shape index (κ3) is 4.65. The molecule has 0 unspecified atom stereocenters. The number of benzene rings is 8. The first-order valence-electron chi connectivity index (χ1n) is 19.9. The molecule has 57 heavy (non-hydrogen) atoms. The van der Waals surface area contributed by atoms with Crippen molar-refractivity contribution >= 4 is 82.9 Å². The summed E-state index contributed by atoms with van der Waals surface area (Å²) in [7, 11) is 2.51. The van der Waals surface area contributed by atoms with E-state index in [1.54, 1.807) is 0 Å². The number of anilines is 2. The molecule has 0 bridgehead atoms. The van der Waals surface area contributed by atoms with E-state index in [4.69, 9.17) is 0 Å². The van der Waals surface area contributed by atoms with Gasteiger partial charge in [0.25, 0.3) is 0 Å². The second-order valence-corrected chi connectivity index (χ2v) is 17.6. The first-order chi connectivity index (χ1) is 27.8. The Hall–Kier alpha value is -6.36. The molecule has 3 heterocycles. The fourth-order valence-electron chi connectivity index (χ4n) is 10.0. The summed E-state index contributed by atoms with van der Waals surface area (Å²) in [5.41, 5.74) is 20.0. The minimum atomic E-state index is -0.130. The van der Waals surface area contributed by atoms with Gasteiger partial charge in [-0.3, -0.25) is 0 Å². The number of hydrogen-bond acceptors (Lipinski definition) is 2. The Kier molecular flexibility index (Phi) is 6.82. The number of aromatic nitrogens is 1. The predicted molar refractivity (Wildman–Crippen MR) is 246 cm³/mol. The van der Waals surface area contributed by atoms with Gasteiger partial charge in [0.1, 0.15) is 0 Å². The standard InChI is InChI=1S/C53H38BN2S/c1-30-18-22-34(23-19-30)55-44-29-43-38(35-14-10-11-17-42(35)53(43,3)4)28-39(44)47-36-15-8-9-16-37(36)48-40-26-31(2)20-24-45(40)56-50-41-27-33(32-12-6-5-7-13-32)21-25-46(41)57-52(50)54-49(47)51(48)56/h5-29,55H,1-4H3. The van der Waals surface area contributed by atoms with E-state index in [-0.39, 0.29) is 5.41 Å². The fraction of sp³-hybridized carbons (Fsp3) is 0.0943. The number of hydrogen-bond donors (Lipinski definition) is 1. The van der Waals surface area contributed by atoms with Crippen molar-refractivity contribution in [2.75, 3.05) is 5.32 Å². The average molecular weight is 746 g/mol. The lowest BCUT2D eigenvalue weighted by atomic mass is 9.62. The van der Waals surface area contributed by atoms with Crippen molar-refractivity contribution in [1.29, 1.82) is 0 Å². The Bertz CT molecular complexity index is 3330. The molecule has 2 aliphatic rings. The molecular weight excluding hydrogens is 707 g/mol. The Morgan fingerprint density at radius 1 is 0.579 bits per heavy atom. The zero-order chi connectivity index (χ0) is 38.2. The molecule has 1 aliphatic heterocycles. The van der Waals surface area contributed by atoms with Gasteiger partial charge in [-0.1, -0.05) is 128 Å². The Morgan fingerprint density at radius 2 is 1.33 bits per heavy atom. The third-order valence-corrected chi connectivity index (χ3v) is 13.8. The summed E-state index contributed by atoms with van der Waals surface area (Å²) in [6, 6.07) is 56.7. The van der Waals surface area contributed by atoms with Gasteiger partial charge in [0.05, 0.1) is 11.2 Å². The summed E-state index contributed by atoms with van der Waals surface area (Å²) < 4.78 is 5.20. The third-order valence-electron chi connectivity index (χ3n) is 12.7. The summed E-state index contributed by atoms with van der Waals surface area (Å²) in [6.07, 6.45) is 0. The second-order valence-electron chi connectivity index (χ2n) is 16.6. The van der Waals surface area contributed by atoms with E-state index in [1.807, 2.05) is 11.3 Å². The number of nitrogens with one attached hydrogen (secondary N) is 1. The van der Waals surface area contributed by atoms with Crippen molar-refractivity contribution in [1.82, 2.24) is 4.57 Å². The van der Waals surface area contributed by atoms with Crippen LogP contribution in [0.4, 0.5) is 11.4 Å². The molecule has 0 amide bonds. The highest BCUT2D eigenvalue weighted by Crippen LogP contribution is 2.53. The summed E-state index contributed by atoms with van der Waals surface area (Å²) in [5.74, 6) is 0. The zero-order valence-electron chi connectivity index (χ0n) is 32.4. The highest BCUT2D eigenvalue weighted by Gasteiger charge is 2.37. The van der Waals surface area contributed by atoms with Gasteiger partial charge in [-0.25, -0.2) is 0 Å². The lowest BCUT2D eigenvalue weighted by Gasteiger charge is -2.26. The summed E-state index contributed by atoms with van der Waals surface area (Å²) in [6.45, 7) is 9.12. The molecule has 4 heteroatoms. The summed E-state index contributed by atoms with van der Waals surface area (Å²) in [5, 5.41) is 10.4. The monoisotopic (exact) mass is 745 g/mol. The van der Waals surface area contributed by atoms with Crippen molar-refractivity contribution < 1.29 is 0 Å². The molecule has 2 aromatic heterocycles. The Balaban J connectivity index is 1.22. The van der Waals surface area contributed by atoms with Gasteiger partial charge < -0.3 is 9.88 Å². The van der Waals surface area contributed by atoms with Crippen LogP contribution in [0.25, 0.3) is 81.7 Å². The zero-order valence-corrected chi connectivity index (χ0v) is 33.2. The highest BCUT2D eigenvalue weighted by atomic mass is 32.1. The van der Waals surface area contributed by atoms with Crippen molar-refractivity contribution in [3.63, 3.8) is 0 Å². The first-order valence-corrected chi connectivity index (χ1v) is 20.7. The minimum Gasteiger partial charge on any atom is -0.355 e. The molecule has 1 aliphatic carbocycles. The lowest BCUT2D eigenvalue weighted by molar-refractivity contribution is 0.660. The van der Waals surface area contributed by atoms with Gasteiger partial charge >= 0.3 is 0 Å². The number of nitrogens with zero attached hydrogens (tertiary/aromatic N) is 1. The molecule has 12 rings (SSSR count). The van der Waals surface area contributed by atoms with Gasteiger partial charge in [0, 0.05) is 48.7 Å². The van der Waals surface area contributed by atoms with Crippen LogP contribution in [0.5, 0.6) is 0 Å². The Labute approximate surface area is 337 Å². The van der Waals surface area contributed by atoms with Crippen LogP contribution in [0.3, 0.4) is 0 Å². The van der Waals surface area contributed by atoms with E-state index in [0.29, 0.717) is 0 Å². The molecule has 1 N–H and O–H groups in total. The second kappa shape index (κ2) is 11.8. The number of aryl methyl sites for hydroxylation is 2. The molecule has 10 aromatic rings. The van der Waals surface area contributed by atoms with E-state index < -0.39 is 0 Å². The molecule has 1 radical (unpaired) electrons. The molecular formula is C53H38BN2S.